The fourth-order valence-corrected chi connectivity index (χ4v) is 4.23. The van der Waals surface area contributed by atoms with Gasteiger partial charge < -0.3 is 18.9 Å². The standard InChI is InChI=1S/C23H22FN5O4/c1-26-20-19(21(30)29(23(26)31)13-14-4-6-15(24)7-5-14)28-11-10-27(22(28)25-20)17-9-8-16(32-2)12-18(17)33-3/h4-9,12H,10-11,13H2,1-3H3. The Morgan fingerprint density at radius 2 is 1.79 bits per heavy atom. The molecule has 0 saturated heterocycles. The van der Waals surface area contributed by atoms with Crippen LogP contribution in [0.5, 0.6) is 11.5 Å². The summed E-state index contributed by atoms with van der Waals surface area (Å²) < 4.78 is 28.4. The summed E-state index contributed by atoms with van der Waals surface area (Å²) in [6.45, 7) is 1.14. The number of nitrogens with zero attached hydrogens (tertiary/aromatic N) is 5. The molecule has 0 bridgehead atoms. The Morgan fingerprint density at radius 1 is 1.03 bits per heavy atom. The van der Waals surface area contributed by atoms with E-state index >= 15 is 0 Å². The first kappa shape index (κ1) is 20.8. The van der Waals surface area contributed by atoms with Gasteiger partial charge in [-0.2, -0.15) is 4.98 Å². The zero-order valence-electron chi connectivity index (χ0n) is 18.4. The van der Waals surface area contributed by atoms with Gasteiger partial charge in [-0.25, -0.2) is 9.18 Å². The third-order valence-corrected chi connectivity index (χ3v) is 5.93. The average molecular weight is 451 g/mol. The number of hydrogen-bond donors (Lipinski definition) is 0. The molecule has 33 heavy (non-hydrogen) atoms. The fraction of sp³-hybridized carbons (Fsp3) is 0.261. The Balaban J connectivity index is 1.65. The van der Waals surface area contributed by atoms with Gasteiger partial charge in [0, 0.05) is 26.2 Å². The Morgan fingerprint density at radius 3 is 2.48 bits per heavy atom. The van der Waals surface area contributed by atoms with Gasteiger partial charge in [-0.1, -0.05) is 12.1 Å². The number of imidazole rings is 1. The molecule has 0 N–H and O–H groups in total. The van der Waals surface area contributed by atoms with E-state index in [-0.39, 0.29) is 12.4 Å². The van der Waals surface area contributed by atoms with Crippen LogP contribution in [0.2, 0.25) is 0 Å². The van der Waals surface area contributed by atoms with Crippen molar-refractivity contribution >= 4 is 22.8 Å². The van der Waals surface area contributed by atoms with Gasteiger partial charge in [0.2, 0.25) is 5.95 Å². The quantitative estimate of drug-likeness (QED) is 0.463. The van der Waals surface area contributed by atoms with E-state index in [0.29, 0.717) is 47.3 Å². The van der Waals surface area contributed by atoms with Gasteiger partial charge in [-0.3, -0.25) is 13.9 Å². The van der Waals surface area contributed by atoms with Crippen molar-refractivity contribution in [3.63, 3.8) is 0 Å². The van der Waals surface area contributed by atoms with Crippen molar-refractivity contribution in [1.82, 2.24) is 18.7 Å². The second kappa shape index (κ2) is 7.80. The van der Waals surface area contributed by atoms with Crippen molar-refractivity contribution in [3.8, 4) is 11.5 Å². The van der Waals surface area contributed by atoms with E-state index in [4.69, 9.17) is 9.47 Å². The average Bonchev–Trinajstić information content (AvgIpc) is 3.41. The topological polar surface area (TPSA) is 83.5 Å². The number of ether oxygens (including phenoxy) is 2. The highest BCUT2D eigenvalue weighted by Crippen LogP contribution is 2.39. The van der Waals surface area contributed by atoms with Crippen LogP contribution in [0.4, 0.5) is 16.0 Å². The summed E-state index contributed by atoms with van der Waals surface area (Å²) in [5.41, 5.74) is 1.18. The van der Waals surface area contributed by atoms with E-state index in [1.165, 1.54) is 16.7 Å². The number of halogens is 1. The minimum atomic E-state index is -0.484. The Kier molecular flexibility index (Phi) is 4.92. The number of benzene rings is 2. The molecule has 1 aliphatic rings. The number of aromatic nitrogens is 4. The highest BCUT2D eigenvalue weighted by atomic mass is 19.1. The SMILES string of the molecule is COc1ccc(N2CCn3c2nc2c3c(=O)n(Cc3ccc(F)cc3)c(=O)n2C)c(OC)c1. The molecule has 0 amide bonds. The summed E-state index contributed by atoms with van der Waals surface area (Å²) >= 11 is 0. The smallest absolute Gasteiger partial charge is 0.332 e. The van der Waals surface area contributed by atoms with E-state index in [9.17, 15) is 14.0 Å². The summed E-state index contributed by atoms with van der Waals surface area (Å²) in [7, 11) is 4.75. The van der Waals surface area contributed by atoms with E-state index < -0.39 is 11.2 Å². The predicted molar refractivity (Wildman–Crippen MR) is 121 cm³/mol. The summed E-state index contributed by atoms with van der Waals surface area (Å²) in [6.07, 6.45) is 0. The summed E-state index contributed by atoms with van der Waals surface area (Å²) in [5, 5.41) is 0. The van der Waals surface area contributed by atoms with Crippen molar-refractivity contribution in [2.75, 3.05) is 25.7 Å². The van der Waals surface area contributed by atoms with E-state index in [0.717, 1.165) is 10.3 Å². The molecule has 0 radical (unpaired) electrons. The molecule has 3 heterocycles. The molecular formula is C23H22FN5O4. The van der Waals surface area contributed by atoms with E-state index in [2.05, 4.69) is 4.98 Å². The molecule has 5 rings (SSSR count). The lowest BCUT2D eigenvalue weighted by Gasteiger charge is -2.19. The van der Waals surface area contributed by atoms with Gasteiger partial charge in [0.15, 0.2) is 11.2 Å². The third kappa shape index (κ3) is 3.25. The van der Waals surface area contributed by atoms with Crippen LogP contribution in [-0.4, -0.2) is 39.4 Å². The van der Waals surface area contributed by atoms with Crippen LogP contribution < -0.4 is 25.6 Å². The Hall–Kier alpha value is -4.08. The van der Waals surface area contributed by atoms with Crippen molar-refractivity contribution in [2.24, 2.45) is 7.05 Å². The molecule has 10 heteroatoms. The van der Waals surface area contributed by atoms with Gasteiger partial charge >= 0.3 is 5.69 Å². The maximum absolute atomic E-state index is 13.4. The van der Waals surface area contributed by atoms with E-state index in [1.807, 2.05) is 21.6 Å². The molecule has 2 aromatic carbocycles. The maximum atomic E-state index is 13.4. The normalized spacial score (nSPS) is 12.9. The lowest BCUT2D eigenvalue weighted by molar-refractivity contribution is 0.395. The predicted octanol–water partition coefficient (Wildman–Crippen LogP) is 2.25. The molecule has 4 aromatic rings. The Labute approximate surface area is 187 Å². The van der Waals surface area contributed by atoms with Crippen LogP contribution in [0.15, 0.2) is 52.1 Å². The van der Waals surface area contributed by atoms with Crippen molar-refractivity contribution in [3.05, 3.63) is 74.7 Å². The zero-order chi connectivity index (χ0) is 23.3. The van der Waals surface area contributed by atoms with Crippen molar-refractivity contribution in [2.45, 2.75) is 13.1 Å². The molecule has 170 valence electrons. The van der Waals surface area contributed by atoms with Crippen LogP contribution in [0, 0.1) is 5.82 Å². The maximum Gasteiger partial charge on any atom is 0.332 e. The first-order valence-electron chi connectivity index (χ1n) is 10.4. The fourth-order valence-electron chi connectivity index (χ4n) is 4.23. The molecule has 0 fully saturated rings. The minimum Gasteiger partial charge on any atom is -0.497 e. The van der Waals surface area contributed by atoms with Crippen LogP contribution in [-0.2, 0) is 20.1 Å². The van der Waals surface area contributed by atoms with Crippen molar-refractivity contribution in [1.29, 1.82) is 0 Å². The lowest BCUT2D eigenvalue weighted by Crippen LogP contribution is -2.40. The number of hydrogen-bond acceptors (Lipinski definition) is 6. The highest BCUT2D eigenvalue weighted by Gasteiger charge is 2.30. The van der Waals surface area contributed by atoms with Crippen LogP contribution in [0.3, 0.4) is 0 Å². The summed E-state index contributed by atoms with van der Waals surface area (Å²) in [6, 6.07) is 11.2. The zero-order valence-corrected chi connectivity index (χ0v) is 18.4. The Bertz CT molecular complexity index is 1490. The number of fused-ring (bicyclic) bond motifs is 3. The summed E-state index contributed by atoms with van der Waals surface area (Å²) in [4.78, 5) is 33.0. The van der Waals surface area contributed by atoms with Gasteiger partial charge in [0.05, 0.1) is 26.5 Å². The second-order valence-electron chi connectivity index (χ2n) is 7.78. The molecule has 0 atom stereocenters. The molecular weight excluding hydrogens is 429 g/mol. The first-order chi connectivity index (χ1) is 15.9. The van der Waals surface area contributed by atoms with E-state index in [1.54, 1.807) is 39.5 Å². The second-order valence-corrected chi connectivity index (χ2v) is 7.78. The highest BCUT2D eigenvalue weighted by molar-refractivity contribution is 5.79. The van der Waals surface area contributed by atoms with Gasteiger partial charge in [-0.05, 0) is 29.8 Å². The largest absolute Gasteiger partial charge is 0.497 e. The molecule has 2 aromatic heterocycles. The van der Waals surface area contributed by atoms with Crippen LogP contribution in [0.1, 0.15) is 5.56 Å². The number of anilines is 2. The van der Waals surface area contributed by atoms with Gasteiger partial charge in [0.1, 0.15) is 17.3 Å². The summed E-state index contributed by atoms with van der Waals surface area (Å²) in [5.74, 6) is 1.45. The van der Waals surface area contributed by atoms with Crippen molar-refractivity contribution < 1.29 is 13.9 Å². The van der Waals surface area contributed by atoms with Gasteiger partial charge in [-0.15, -0.1) is 0 Å². The lowest BCUT2D eigenvalue weighted by atomic mass is 10.2. The molecule has 0 unspecified atom stereocenters. The van der Waals surface area contributed by atoms with Crippen LogP contribution >= 0.6 is 0 Å². The molecule has 1 aliphatic heterocycles. The number of rotatable bonds is 5. The first-order valence-corrected chi connectivity index (χ1v) is 10.4. The third-order valence-electron chi connectivity index (χ3n) is 5.93. The van der Waals surface area contributed by atoms with Crippen LogP contribution in [0.25, 0.3) is 11.2 Å². The molecule has 0 saturated carbocycles. The molecule has 0 spiro atoms. The molecule has 0 aliphatic carbocycles. The monoisotopic (exact) mass is 451 g/mol. The number of methoxy groups -OCH3 is 2. The molecule has 9 nitrogen and oxygen atoms in total. The minimum absolute atomic E-state index is 0.0399. The van der Waals surface area contributed by atoms with Gasteiger partial charge in [0.25, 0.3) is 5.56 Å². The number of aryl methyl sites for hydroxylation is 1.